The van der Waals surface area contributed by atoms with Crippen molar-refractivity contribution in [2.45, 2.75) is 58.2 Å². The molecule has 0 amide bonds. The number of hydrogen-bond acceptors (Lipinski definition) is 4. The summed E-state index contributed by atoms with van der Waals surface area (Å²) >= 11 is 0. The van der Waals surface area contributed by atoms with E-state index in [0.717, 1.165) is 19.3 Å². The van der Waals surface area contributed by atoms with Gasteiger partial charge in [-0.15, -0.1) is 0 Å². The van der Waals surface area contributed by atoms with Crippen molar-refractivity contribution in [1.29, 1.82) is 0 Å². The van der Waals surface area contributed by atoms with Crippen molar-refractivity contribution in [3.63, 3.8) is 0 Å². The summed E-state index contributed by atoms with van der Waals surface area (Å²) in [7, 11) is 0. The van der Waals surface area contributed by atoms with Gasteiger partial charge in [0, 0.05) is 17.3 Å². The Hall–Kier alpha value is -1.00. The second-order valence-electron chi connectivity index (χ2n) is 9.25. The quantitative estimate of drug-likeness (QED) is 0.722. The fraction of sp³-hybridized carbons (Fsp3) is 0.800. The first kappa shape index (κ1) is 16.5. The molecule has 9 unspecified atom stereocenters. The largest absolute Gasteiger partial charge is 0.379 e. The fourth-order valence-electron chi connectivity index (χ4n) is 7.45. The van der Waals surface area contributed by atoms with Crippen LogP contribution in [0.3, 0.4) is 0 Å². The molecule has 0 aromatic carbocycles. The maximum absolute atomic E-state index is 13.5. The van der Waals surface area contributed by atoms with Gasteiger partial charge in [-0.1, -0.05) is 26.0 Å². The summed E-state index contributed by atoms with van der Waals surface area (Å²) in [6.45, 7) is 11.4. The van der Waals surface area contributed by atoms with E-state index >= 15 is 0 Å². The maximum Gasteiger partial charge on any atom is 0.174 e. The lowest BCUT2D eigenvalue weighted by Crippen LogP contribution is -2.84. The highest BCUT2D eigenvalue weighted by Gasteiger charge is 2.84. The van der Waals surface area contributed by atoms with Gasteiger partial charge in [0.15, 0.2) is 22.8 Å². The molecule has 0 aromatic rings. The maximum atomic E-state index is 13.5. The zero-order valence-electron chi connectivity index (χ0n) is 15.0. The molecule has 24 heavy (non-hydrogen) atoms. The number of hydrogen-bond donors (Lipinski definition) is 2. The SMILES string of the molecule is C=C(C)C1C2CC(C)C3CCC(C)C4C(=O)C1(O)C(C)(O)C(=O)C324. The van der Waals surface area contributed by atoms with E-state index in [0.29, 0.717) is 11.5 Å². The Morgan fingerprint density at radius 3 is 2.33 bits per heavy atom. The Labute approximate surface area is 143 Å². The van der Waals surface area contributed by atoms with E-state index in [9.17, 15) is 19.8 Å². The fourth-order valence-corrected chi connectivity index (χ4v) is 7.45. The van der Waals surface area contributed by atoms with Crippen molar-refractivity contribution in [3.05, 3.63) is 12.2 Å². The van der Waals surface area contributed by atoms with Crippen LogP contribution in [0.1, 0.15) is 47.0 Å². The van der Waals surface area contributed by atoms with Crippen molar-refractivity contribution in [2.75, 3.05) is 0 Å². The molecule has 9 atom stereocenters. The van der Waals surface area contributed by atoms with Gasteiger partial charge in [-0.2, -0.15) is 0 Å². The first-order valence-electron chi connectivity index (χ1n) is 9.23. The van der Waals surface area contributed by atoms with Crippen molar-refractivity contribution in [3.8, 4) is 0 Å². The van der Waals surface area contributed by atoms with Gasteiger partial charge in [0.2, 0.25) is 0 Å². The van der Waals surface area contributed by atoms with E-state index in [1.165, 1.54) is 6.92 Å². The first-order valence-corrected chi connectivity index (χ1v) is 9.23. The highest BCUT2D eigenvalue weighted by molar-refractivity contribution is 6.12. The molecule has 0 aliphatic heterocycles. The van der Waals surface area contributed by atoms with Crippen LogP contribution in [-0.2, 0) is 9.59 Å². The van der Waals surface area contributed by atoms with E-state index in [2.05, 4.69) is 13.5 Å². The molecule has 0 heterocycles. The average molecular weight is 332 g/mol. The molecule has 0 saturated heterocycles. The van der Waals surface area contributed by atoms with Crippen LogP contribution in [0.2, 0.25) is 0 Å². The predicted molar refractivity (Wildman–Crippen MR) is 89.0 cm³/mol. The van der Waals surface area contributed by atoms with Crippen LogP contribution < -0.4 is 0 Å². The van der Waals surface area contributed by atoms with Gasteiger partial charge in [-0.05, 0) is 56.8 Å². The molecule has 2 bridgehead atoms. The smallest absolute Gasteiger partial charge is 0.174 e. The molecule has 1 spiro atoms. The molecule has 5 aliphatic rings. The molecule has 5 aliphatic carbocycles. The molecule has 4 heteroatoms. The number of ketones is 2. The number of fused-ring (bicyclic) bond motifs is 1. The van der Waals surface area contributed by atoms with Crippen LogP contribution in [0.4, 0.5) is 0 Å². The summed E-state index contributed by atoms with van der Waals surface area (Å²) < 4.78 is 0. The molecular formula is C20H28O4. The second-order valence-corrected chi connectivity index (χ2v) is 9.25. The third-order valence-corrected chi connectivity index (χ3v) is 8.18. The molecule has 5 rings (SSSR count). The van der Waals surface area contributed by atoms with Crippen molar-refractivity contribution in [2.24, 2.45) is 40.9 Å². The van der Waals surface area contributed by atoms with E-state index < -0.39 is 28.5 Å². The second kappa shape index (κ2) is 4.39. The summed E-state index contributed by atoms with van der Waals surface area (Å²) in [6, 6.07) is 0. The Kier molecular flexibility index (Phi) is 3.01. The van der Waals surface area contributed by atoms with Crippen molar-refractivity contribution < 1.29 is 19.8 Å². The minimum absolute atomic E-state index is 0.0687. The zero-order chi connectivity index (χ0) is 17.8. The van der Waals surface area contributed by atoms with Crippen molar-refractivity contribution in [1.82, 2.24) is 0 Å². The minimum atomic E-state index is -2.03. The van der Waals surface area contributed by atoms with Gasteiger partial charge in [0.05, 0.1) is 0 Å². The van der Waals surface area contributed by atoms with Crippen LogP contribution in [0.25, 0.3) is 0 Å². The standard InChI is InChI=1S/C20H28O4/c1-9(2)14-13-8-11(4)12-7-6-10(3)15-16(21)20(14,24)18(5,23)17(22)19(12,13)15/h10-15,23-24H,1,6-8H2,2-5H3. The number of rotatable bonds is 1. The van der Waals surface area contributed by atoms with E-state index in [1.54, 1.807) is 0 Å². The van der Waals surface area contributed by atoms with Crippen LogP contribution in [0.5, 0.6) is 0 Å². The van der Waals surface area contributed by atoms with Crippen LogP contribution in [-0.4, -0.2) is 33.0 Å². The van der Waals surface area contributed by atoms with Gasteiger partial charge in [0.1, 0.15) is 0 Å². The van der Waals surface area contributed by atoms with Gasteiger partial charge >= 0.3 is 0 Å². The molecule has 5 saturated carbocycles. The Bertz CT molecular complexity index is 665. The normalized spacial score (nSPS) is 58.8. The molecule has 0 aromatic heterocycles. The summed E-state index contributed by atoms with van der Waals surface area (Å²) in [5.41, 5.74) is -4.17. The summed E-state index contributed by atoms with van der Waals surface area (Å²) in [6.07, 6.45) is 2.65. The molecule has 4 nitrogen and oxygen atoms in total. The molecule has 132 valence electrons. The molecule has 2 N–H and O–H groups in total. The highest BCUT2D eigenvalue weighted by atomic mass is 16.4. The highest BCUT2D eigenvalue weighted by Crippen LogP contribution is 2.74. The number of carbonyl (C=O) groups is 2. The Morgan fingerprint density at radius 2 is 1.75 bits per heavy atom. The zero-order valence-corrected chi connectivity index (χ0v) is 15.0. The van der Waals surface area contributed by atoms with Crippen LogP contribution in [0.15, 0.2) is 12.2 Å². The number of carbonyl (C=O) groups excluding carboxylic acids is 2. The van der Waals surface area contributed by atoms with Crippen molar-refractivity contribution >= 4 is 11.6 Å². The minimum Gasteiger partial charge on any atom is -0.379 e. The monoisotopic (exact) mass is 332 g/mol. The van der Waals surface area contributed by atoms with Gasteiger partial charge < -0.3 is 10.2 Å². The third-order valence-electron chi connectivity index (χ3n) is 8.18. The summed E-state index contributed by atoms with van der Waals surface area (Å²) in [5, 5.41) is 22.6. The lowest BCUT2D eigenvalue weighted by atomic mass is 9.35. The lowest BCUT2D eigenvalue weighted by molar-refractivity contribution is -0.255. The van der Waals surface area contributed by atoms with E-state index in [-0.39, 0.29) is 29.3 Å². The van der Waals surface area contributed by atoms with Gasteiger partial charge in [-0.3, -0.25) is 9.59 Å². The number of aliphatic hydroxyl groups is 2. The van der Waals surface area contributed by atoms with Crippen LogP contribution >= 0.6 is 0 Å². The van der Waals surface area contributed by atoms with E-state index in [1.807, 2.05) is 13.8 Å². The third kappa shape index (κ3) is 1.35. The van der Waals surface area contributed by atoms with E-state index in [4.69, 9.17) is 0 Å². The predicted octanol–water partition coefficient (Wildman–Crippen LogP) is 2.13. The van der Waals surface area contributed by atoms with Crippen LogP contribution in [0, 0.1) is 40.9 Å². The Balaban J connectivity index is 2.07. The van der Waals surface area contributed by atoms with Gasteiger partial charge in [-0.25, -0.2) is 0 Å². The first-order chi connectivity index (χ1) is 11.0. The topological polar surface area (TPSA) is 74.6 Å². The summed E-state index contributed by atoms with van der Waals surface area (Å²) in [4.78, 5) is 27.0. The molecular weight excluding hydrogens is 304 g/mol. The lowest BCUT2D eigenvalue weighted by Gasteiger charge is -2.68. The Morgan fingerprint density at radius 1 is 1.12 bits per heavy atom. The molecule has 0 radical (unpaired) electrons. The van der Waals surface area contributed by atoms with Gasteiger partial charge in [0.25, 0.3) is 0 Å². The molecule has 5 fully saturated rings. The average Bonchev–Trinajstić information content (AvgIpc) is 2.77. The summed E-state index contributed by atoms with van der Waals surface area (Å²) in [5.74, 6) is -1.17. The number of Topliss-reactive ketones (excluding diaryl/α,β-unsaturated/α-hetero) is 2.